The van der Waals surface area contributed by atoms with Gasteiger partial charge in [0.15, 0.2) is 0 Å². The normalized spacial score (nSPS) is 12.4. The zero-order valence-electron chi connectivity index (χ0n) is 33.4. The molecule has 0 aliphatic rings. The van der Waals surface area contributed by atoms with E-state index in [0.717, 1.165) is 71.9 Å². The van der Waals surface area contributed by atoms with E-state index in [4.69, 9.17) is 0 Å². The maximum Gasteiger partial charge on any atom is 0.0645 e. The van der Waals surface area contributed by atoms with Crippen LogP contribution in [0.15, 0.2) is 218 Å². The number of benzene rings is 9. The van der Waals surface area contributed by atoms with Crippen LogP contribution in [0.25, 0.3) is 71.6 Å². The quantitative estimate of drug-likeness (QED) is 0.161. The summed E-state index contributed by atoms with van der Waals surface area (Å²) >= 11 is 0. The lowest BCUT2D eigenvalue weighted by Crippen LogP contribution is -2.09. The number of para-hydroxylation sites is 2. The molecule has 10 aromatic rings. The molecule has 2 heteroatoms. The Morgan fingerprint density at radius 1 is 0.352 bits per heavy atom. The first-order valence-corrected chi connectivity index (χ1v) is 18.2. The van der Waals surface area contributed by atoms with E-state index in [1.807, 2.05) is 120 Å². The topological polar surface area (TPSA) is 8.17 Å². The largest absolute Gasteiger partial charge is 0.311 e. The van der Waals surface area contributed by atoms with Crippen molar-refractivity contribution in [3.8, 4) is 39.1 Å². The van der Waals surface area contributed by atoms with Crippen LogP contribution in [-0.2, 0) is 0 Å². The summed E-state index contributed by atoms with van der Waals surface area (Å²) in [6.07, 6.45) is 0. The van der Waals surface area contributed by atoms with Crippen molar-refractivity contribution in [3.05, 3.63) is 218 Å². The minimum Gasteiger partial charge on any atom is -0.311 e. The zero-order chi connectivity index (χ0) is 39.3. The fraction of sp³-hybridized carbons (Fsp3) is 0. The molecule has 0 radical (unpaired) electrons. The van der Waals surface area contributed by atoms with Crippen molar-refractivity contribution in [1.29, 1.82) is 0 Å². The van der Waals surface area contributed by atoms with Gasteiger partial charge in [-0.25, -0.2) is 0 Å². The number of hydrogen-bond donors (Lipinski definition) is 0. The van der Waals surface area contributed by atoms with Gasteiger partial charge in [0.1, 0.15) is 0 Å². The average Bonchev–Trinajstić information content (AvgIpc) is 3.62. The van der Waals surface area contributed by atoms with E-state index in [1.54, 1.807) is 0 Å². The Bertz CT molecular complexity index is 3070. The Hall–Kier alpha value is -7.16. The fourth-order valence-corrected chi connectivity index (χ4v) is 7.67. The van der Waals surface area contributed by atoms with Crippen molar-refractivity contribution in [1.82, 2.24) is 4.57 Å². The second-order valence-electron chi connectivity index (χ2n) is 13.5. The van der Waals surface area contributed by atoms with Crippen LogP contribution in [0.4, 0.5) is 17.1 Å². The molecular weight excluding hydrogens is 653 g/mol. The van der Waals surface area contributed by atoms with E-state index in [2.05, 4.69) is 83.4 Å². The summed E-state index contributed by atoms with van der Waals surface area (Å²) in [4.78, 5) is 1.85. The lowest BCUT2D eigenvalue weighted by molar-refractivity contribution is 1.18. The molecular formula is C52H36N2. The van der Waals surface area contributed by atoms with Crippen molar-refractivity contribution in [2.24, 2.45) is 0 Å². The summed E-state index contributed by atoms with van der Waals surface area (Å²) in [7, 11) is 0. The Morgan fingerprint density at radius 3 is 1.56 bits per heavy atom. The number of fused-ring (bicyclic) bond motifs is 4. The first-order chi connectivity index (χ1) is 28.5. The Labute approximate surface area is 321 Å². The minimum atomic E-state index is -0.122. The third kappa shape index (κ3) is 5.62. The fourth-order valence-electron chi connectivity index (χ4n) is 7.67. The molecule has 9 aromatic carbocycles. The van der Waals surface area contributed by atoms with Crippen LogP contribution in [0.2, 0.25) is 0 Å². The molecule has 54 heavy (non-hydrogen) atoms. The van der Waals surface area contributed by atoms with Crippen molar-refractivity contribution in [2.75, 3.05) is 4.90 Å². The van der Waals surface area contributed by atoms with Gasteiger partial charge < -0.3 is 9.47 Å². The van der Waals surface area contributed by atoms with Crippen LogP contribution in [0.3, 0.4) is 0 Å². The van der Waals surface area contributed by atoms with Crippen LogP contribution >= 0.6 is 0 Å². The van der Waals surface area contributed by atoms with Gasteiger partial charge in [-0.1, -0.05) is 158 Å². The van der Waals surface area contributed by atoms with Crippen LogP contribution in [-0.4, -0.2) is 4.57 Å². The SMILES string of the molecule is [2H]c1c([2H])c(N(c2ccc(-c3ccccc3)cc2)c2ccc(-c3cccc4ccccc34)cc2)c([2H])c([2H])c1-c1cccc(-n2c3ccccc3c3ccccc32)c1. The third-order valence-corrected chi connectivity index (χ3v) is 10.3. The van der Waals surface area contributed by atoms with Crippen molar-refractivity contribution >= 4 is 49.6 Å². The summed E-state index contributed by atoms with van der Waals surface area (Å²) < 4.78 is 40.3. The first kappa shape index (κ1) is 27.5. The summed E-state index contributed by atoms with van der Waals surface area (Å²) in [5, 5.41) is 4.59. The third-order valence-electron chi connectivity index (χ3n) is 10.3. The average molecular weight is 693 g/mol. The van der Waals surface area contributed by atoms with Crippen molar-refractivity contribution < 1.29 is 5.48 Å². The predicted octanol–water partition coefficient (Wildman–Crippen LogP) is 14.4. The van der Waals surface area contributed by atoms with Gasteiger partial charge >= 0.3 is 0 Å². The van der Waals surface area contributed by atoms with Crippen LogP contribution in [0.1, 0.15) is 5.48 Å². The Morgan fingerprint density at radius 2 is 0.870 bits per heavy atom. The van der Waals surface area contributed by atoms with E-state index in [9.17, 15) is 5.48 Å². The van der Waals surface area contributed by atoms with Gasteiger partial charge in [0.25, 0.3) is 0 Å². The molecule has 0 atom stereocenters. The van der Waals surface area contributed by atoms with Gasteiger partial charge in [-0.3, -0.25) is 0 Å². The van der Waals surface area contributed by atoms with Gasteiger partial charge in [0.2, 0.25) is 0 Å². The van der Waals surface area contributed by atoms with Crippen molar-refractivity contribution in [3.63, 3.8) is 0 Å². The van der Waals surface area contributed by atoms with Crippen molar-refractivity contribution in [2.45, 2.75) is 0 Å². The molecule has 0 bridgehead atoms. The maximum absolute atomic E-state index is 9.57. The highest BCUT2D eigenvalue weighted by molar-refractivity contribution is 6.09. The molecule has 0 aliphatic heterocycles. The summed E-state index contributed by atoms with van der Waals surface area (Å²) in [6.45, 7) is 0. The molecule has 1 heterocycles. The molecule has 1 aromatic heterocycles. The van der Waals surface area contributed by atoms with Crippen LogP contribution < -0.4 is 4.90 Å². The molecule has 0 N–H and O–H groups in total. The molecule has 0 unspecified atom stereocenters. The molecule has 254 valence electrons. The lowest BCUT2D eigenvalue weighted by Gasteiger charge is -2.26. The summed E-state index contributed by atoms with van der Waals surface area (Å²) in [5.41, 5.74) is 9.74. The molecule has 0 amide bonds. The number of aromatic nitrogens is 1. The maximum atomic E-state index is 9.57. The molecule has 0 spiro atoms. The molecule has 0 fully saturated rings. The lowest BCUT2D eigenvalue weighted by atomic mass is 9.98. The van der Waals surface area contributed by atoms with Gasteiger partial charge in [-0.15, -0.1) is 0 Å². The molecule has 2 nitrogen and oxygen atoms in total. The second kappa shape index (κ2) is 13.4. The highest BCUT2D eigenvalue weighted by Gasteiger charge is 2.16. The Kier molecular flexibility index (Phi) is 6.84. The highest BCUT2D eigenvalue weighted by Crippen LogP contribution is 2.39. The number of anilines is 3. The van der Waals surface area contributed by atoms with Gasteiger partial charge in [0, 0.05) is 33.5 Å². The first-order valence-electron chi connectivity index (χ1n) is 20.2. The van der Waals surface area contributed by atoms with Crippen LogP contribution in [0, 0.1) is 0 Å². The molecule has 10 rings (SSSR count). The van der Waals surface area contributed by atoms with E-state index in [-0.39, 0.29) is 35.4 Å². The number of hydrogen-bond acceptors (Lipinski definition) is 1. The molecule has 0 saturated carbocycles. The highest BCUT2D eigenvalue weighted by atomic mass is 15.1. The second-order valence-corrected chi connectivity index (χ2v) is 13.5. The summed E-state index contributed by atoms with van der Waals surface area (Å²) in [5.74, 6) is 0. The van der Waals surface area contributed by atoms with E-state index in [0.29, 0.717) is 5.56 Å². The standard InChI is InChI=1S/C52H36N2/c1-2-12-37(13-3-1)38-24-30-43(31-25-38)53(45-34-28-41(29-35-45)48-21-11-15-40-14-4-5-18-47(40)48)44-32-26-39(27-33-44)42-16-10-17-46(36-42)54-51-22-8-6-19-49(51)50-20-7-9-23-52(50)54/h1-36H/i26D,27D,32D,33D. The van der Waals surface area contributed by atoms with E-state index >= 15 is 0 Å². The predicted molar refractivity (Wildman–Crippen MR) is 229 cm³/mol. The van der Waals surface area contributed by atoms with E-state index in [1.165, 1.54) is 0 Å². The van der Waals surface area contributed by atoms with Crippen LogP contribution in [0.5, 0.6) is 0 Å². The van der Waals surface area contributed by atoms with Gasteiger partial charge in [-0.05, 0) is 105 Å². The molecule has 0 aliphatic carbocycles. The number of rotatable bonds is 7. The summed E-state index contributed by atoms with van der Waals surface area (Å²) in [6, 6.07) is 64.9. The van der Waals surface area contributed by atoms with Gasteiger partial charge in [-0.2, -0.15) is 0 Å². The number of nitrogens with zero attached hydrogens (tertiary/aromatic N) is 2. The smallest absolute Gasteiger partial charge is 0.0645 e. The Balaban J connectivity index is 1.11. The van der Waals surface area contributed by atoms with E-state index < -0.39 is 0 Å². The zero-order valence-corrected chi connectivity index (χ0v) is 29.4. The van der Waals surface area contributed by atoms with Gasteiger partial charge in [0.05, 0.1) is 16.5 Å². The minimum absolute atomic E-state index is 0.103. The monoisotopic (exact) mass is 692 g/mol. The molecule has 0 saturated heterocycles.